The molecule has 0 aliphatic rings. The van der Waals surface area contributed by atoms with Crippen LogP contribution < -0.4 is 14.2 Å². The van der Waals surface area contributed by atoms with Gasteiger partial charge in [-0.2, -0.15) is 0 Å². The van der Waals surface area contributed by atoms with E-state index < -0.39 is 0 Å². The first kappa shape index (κ1) is 21.8. The number of carbonyl (C=O) groups excluding carboxylic acids is 1. The molecule has 0 atom stereocenters. The van der Waals surface area contributed by atoms with Gasteiger partial charge in [0.1, 0.15) is 35.4 Å². The molecule has 2 N–H and O–H groups in total. The Morgan fingerprint density at radius 1 is 0.935 bits per heavy atom. The predicted octanol–water partition coefficient (Wildman–Crippen LogP) is 4.98. The number of phenols is 2. The molecular formula is C25H24O6. The number of phenolic OH excluding ortho intramolecular Hbond substituents is 2. The molecule has 3 rings (SSSR count). The minimum Gasteiger partial charge on any atom is -0.508 e. The number of allylic oxidation sites excluding steroid dienone is 1. The first-order chi connectivity index (χ1) is 15.0. The average Bonchev–Trinajstić information content (AvgIpc) is 2.77. The van der Waals surface area contributed by atoms with E-state index in [0.717, 1.165) is 17.4 Å². The summed E-state index contributed by atoms with van der Waals surface area (Å²) in [5.74, 6) is 1.23. The normalized spacial score (nSPS) is 10.8. The lowest BCUT2D eigenvalue weighted by Gasteiger charge is -2.12. The van der Waals surface area contributed by atoms with E-state index in [1.165, 1.54) is 18.2 Å². The Labute approximate surface area is 181 Å². The smallest absolute Gasteiger partial charge is 0.189 e. The van der Waals surface area contributed by atoms with Crippen LogP contribution in [0.25, 0.3) is 6.08 Å². The number of hydrogen-bond donors (Lipinski definition) is 2. The second-order valence-electron chi connectivity index (χ2n) is 6.67. The number of carbonyl (C=O) groups is 1. The van der Waals surface area contributed by atoms with Crippen molar-refractivity contribution < 1.29 is 29.2 Å². The molecule has 6 nitrogen and oxygen atoms in total. The van der Waals surface area contributed by atoms with Crippen molar-refractivity contribution in [1.82, 2.24) is 0 Å². The van der Waals surface area contributed by atoms with E-state index in [9.17, 15) is 15.0 Å². The molecule has 0 radical (unpaired) electrons. The van der Waals surface area contributed by atoms with Crippen molar-refractivity contribution in [2.45, 2.75) is 13.5 Å². The summed E-state index contributed by atoms with van der Waals surface area (Å²) in [6.45, 7) is 2.72. The first-order valence-corrected chi connectivity index (χ1v) is 9.77. The molecule has 0 spiro atoms. The number of ether oxygens (including phenoxy) is 3. The monoisotopic (exact) mass is 420 g/mol. The maximum atomic E-state index is 12.4. The van der Waals surface area contributed by atoms with E-state index in [0.29, 0.717) is 30.3 Å². The van der Waals surface area contributed by atoms with Gasteiger partial charge in [0.15, 0.2) is 5.78 Å². The second-order valence-corrected chi connectivity index (χ2v) is 6.67. The maximum absolute atomic E-state index is 12.4. The van der Waals surface area contributed by atoms with Gasteiger partial charge >= 0.3 is 0 Å². The number of ketones is 1. The SMILES string of the molecule is CCOc1cc(OCc2ccc(OC)cc2)ccc1C=CC(=O)c1ccc(O)cc1O. The largest absolute Gasteiger partial charge is 0.508 e. The standard InChI is InChI=1S/C25H24O6/c1-3-30-25-15-21(31-16-17-4-9-20(29-2)10-5-17)11-6-18(25)7-13-23(27)22-12-8-19(26)14-24(22)28/h4-15,26,28H,3,16H2,1-2H3. The van der Waals surface area contributed by atoms with Crippen molar-refractivity contribution in [2.75, 3.05) is 13.7 Å². The number of hydrogen-bond acceptors (Lipinski definition) is 6. The van der Waals surface area contributed by atoms with Crippen molar-refractivity contribution in [1.29, 1.82) is 0 Å². The second kappa shape index (κ2) is 10.2. The van der Waals surface area contributed by atoms with Crippen LogP contribution in [0.2, 0.25) is 0 Å². The lowest BCUT2D eigenvalue weighted by atomic mass is 10.1. The van der Waals surface area contributed by atoms with Crippen molar-refractivity contribution in [3.05, 3.63) is 83.4 Å². The average molecular weight is 420 g/mol. The molecule has 0 aromatic heterocycles. The van der Waals surface area contributed by atoms with Gasteiger partial charge < -0.3 is 24.4 Å². The van der Waals surface area contributed by atoms with E-state index in [1.807, 2.05) is 31.2 Å². The number of rotatable bonds is 9. The molecule has 0 aliphatic heterocycles. The summed E-state index contributed by atoms with van der Waals surface area (Å²) < 4.78 is 16.7. The summed E-state index contributed by atoms with van der Waals surface area (Å²) in [6.07, 6.45) is 2.97. The molecule has 31 heavy (non-hydrogen) atoms. The van der Waals surface area contributed by atoms with Crippen LogP contribution in [0.15, 0.2) is 66.7 Å². The Bertz CT molecular complexity index is 1070. The molecule has 0 saturated heterocycles. The summed E-state index contributed by atoms with van der Waals surface area (Å²) in [5, 5.41) is 19.2. The Balaban J connectivity index is 1.73. The van der Waals surface area contributed by atoms with E-state index in [2.05, 4.69) is 0 Å². The van der Waals surface area contributed by atoms with Crippen LogP contribution in [0.3, 0.4) is 0 Å². The van der Waals surface area contributed by atoms with Crippen LogP contribution >= 0.6 is 0 Å². The number of methoxy groups -OCH3 is 1. The molecule has 0 amide bonds. The van der Waals surface area contributed by atoms with Gasteiger partial charge in [-0.05, 0) is 61.0 Å². The third kappa shape index (κ3) is 5.79. The summed E-state index contributed by atoms with van der Waals surface area (Å²) in [7, 11) is 1.62. The Kier molecular flexibility index (Phi) is 7.17. The highest BCUT2D eigenvalue weighted by Gasteiger charge is 2.10. The third-order valence-electron chi connectivity index (χ3n) is 4.51. The van der Waals surface area contributed by atoms with Crippen molar-refractivity contribution >= 4 is 11.9 Å². The van der Waals surface area contributed by atoms with E-state index >= 15 is 0 Å². The van der Waals surface area contributed by atoms with Crippen molar-refractivity contribution in [3.63, 3.8) is 0 Å². The zero-order valence-electron chi connectivity index (χ0n) is 17.4. The zero-order valence-corrected chi connectivity index (χ0v) is 17.4. The highest BCUT2D eigenvalue weighted by molar-refractivity contribution is 6.08. The molecule has 160 valence electrons. The van der Waals surface area contributed by atoms with Crippen LogP contribution in [-0.2, 0) is 6.61 Å². The van der Waals surface area contributed by atoms with Gasteiger partial charge in [-0.3, -0.25) is 4.79 Å². The van der Waals surface area contributed by atoms with E-state index in [-0.39, 0.29) is 22.8 Å². The van der Waals surface area contributed by atoms with Gasteiger partial charge in [-0.25, -0.2) is 0 Å². The highest BCUT2D eigenvalue weighted by Crippen LogP contribution is 2.28. The van der Waals surface area contributed by atoms with Gasteiger partial charge in [-0.15, -0.1) is 0 Å². The number of benzene rings is 3. The summed E-state index contributed by atoms with van der Waals surface area (Å²) >= 11 is 0. The fourth-order valence-electron chi connectivity index (χ4n) is 2.89. The van der Waals surface area contributed by atoms with Gasteiger partial charge in [0.25, 0.3) is 0 Å². The Hall–Kier alpha value is -3.93. The molecule has 0 aliphatic carbocycles. The highest BCUT2D eigenvalue weighted by atomic mass is 16.5. The first-order valence-electron chi connectivity index (χ1n) is 9.77. The molecule has 0 saturated carbocycles. The fraction of sp³-hybridized carbons (Fsp3) is 0.160. The molecule has 0 fully saturated rings. The minimum absolute atomic E-state index is 0.103. The molecule has 3 aromatic rings. The van der Waals surface area contributed by atoms with Crippen LogP contribution in [0.1, 0.15) is 28.4 Å². The minimum atomic E-state index is -0.389. The molecular weight excluding hydrogens is 396 g/mol. The van der Waals surface area contributed by atoms with Gasteiger partial charge in [-0.1, -0.05) is 12.1 Å². The topological polar surface area (TPSA) is 85.2 Å². The Morgan fingerprint density at radius 3 is 2.35 bits per heavy atom. The van der Waals surface area contributed by atoms with Gasteiger partial charge in [0.2, 0.25) is 0 Å². The summed E-state index contributed by atoms with van der Waals surface area (Å²) in [4.78, 5) is 12.4. The summed E-state index contributed by atoms with van der Waals surface area (Å²) in [5.41, 5.74) is 1.80. The van der Waals surface area contributed by atoms with Crippen LogP contribution in [0.4, 0.5) is 0 Å². The molecule has 6 heteroatoms. The van der Waals surface area contributed by atoms with Gasteiger partial charge in [0, 0.05) is 17.7 Å². The van der Waals surface area contributed by atoms with Crippen molar-refractivity contribution in [2.24, 2.45) is 0 Å². The quantitative estimate of drug-likeness (QED) is 0.375. The molecule has 3 aromatic carbocycles. The van der Waals surface area contributed by atoms with E-state index in [4.69, 9.17) is 14.2 Å². The van der Waals surface area contributed by atoms with E-state index in [1.54, 1.807) is 31.4 Å². The maximum Gasteiger partial charge on any atom is 0.189 e. The van der Waals surface area contributed by atoms with Gasteiger partial charge in [0.05, 0.1) is 19.3 Å². The zero-order chi connectivity index (χ0) is 22.2. The lowest BCUT2D eigenvalue weighted by Crippen LogP contribution is -1.99. The van der Waals surface area contributed by atoms with Crippen LogP contribution in [0, 0.1) is 0 Å². The summed E-state index contributed by atoms with van der Waals surface area (Å²) in [6, 6.07) is 16.8. The van der Waals surface area contributed by atoms with Crippen molar-refractivity contribution in [3.8, 4) is 28.7 Å². The Morgan fingerprint density at radius 2 is 1.68 bits per heavy atom. The lowest BCUT2D eigenvalue weighted by molar-refractivity contribution is 0.104. The predicted molar refractivity (Wildman–Crippen MR) is 118 cm³/mol. The fourth-order valence-corrected chi connectivity index (χ4v) is 2.89. The van der Waals surface area contributed by atoms with Crippen LogP contribution in [-0.4, -0.2) is 29.7 Å². The molecule has 0 bridgehead atoms. The molecule has 0 unspecified atom stereocenters. The third-order valence-corrected chi connectivity index (χ3v) is 4.51. The molecule has 0 heterocycles. The van der Waals surface area contributed by atoms with Crippen LogP contribution in [0.5, 0.6) is 28.7 Å². The number of aromatic hydroxyl groups is 2.